The molecule has 0 aliphatic rings. The molecule has 1 aromatic heterocycles. The molecule has 0 saturated carbocycles. The van der Waals surface area contributed by atoms with Gasteiger partial charge >= 0.3 is 0 Å². The molecule has 0 aliphatic heterocycles. The Morgan fingerprint density at radius 1 is 1.33 bits per heavy atom. The first kappa shape index (κ1) is 12.4. The van der Waals surface area contributed by atoms with Crippen molar-refractivity contribution < 1.29 is 0 Å². The largest absolute Gasteiger partial charge is 0.341 e. The van der Waals surface area contributed by atoms with Crippen LogP contribution in [0.25, 0.3) is 0 Å². The van der Waals surface area contributed by atoms with Crippen molar-refractivity contribution in [2.24, 2.45) is 5.92 Å². The van der Waals surface area contributed by atoms with Crippen LogP contribution in [0.5, 0.6) is 0 Å². The van der Waals surface area contributed by atoms with Crippen LogP contribution in [-0.4, -0.2) is 23.1 Å². The van der Waals surface area contributed by atoms with Gasteiger partial charge in [-0.1, -0.05) is 13.8 Å². The van der Waals surface area contributed by atoms with E-state index in [2.05, 4.69) is 51.6 Å². The summed E-state index contributed by atoms with van der Waals surface area (Å²) in [5, 5.41) is 0. The lowest BCUT2D eigenvalue weighted by atomic mass is 10.1. The number of aromatic nitrogens is 2. The van der Waals surface area contributed by atoms with Gasteiger partial charge in [-0.15, -0.1) is 0 Å². The molecular weight excluding hydrogens is 254 g/mol. The van der Waals surface area contributed by atoms with Crippen LogP contribution < -0.4 is 4.90 Å². The van der Waals surface area contributed by atoms with E-state index in [0.29, 0.717) is 12.0 Å². The summed E-state index contributed by atoms with van der Waals surface area (Å²) < 4.78 is 0.955. The highest BCUT2D eigenvalue weighted by atomic mass is 79.9. The normalized spacial score (nSPS) is 13.0. The van der Waals surface area contributed by atoms with Crippen LogP contribution in [0.4, 0.5) is 5.95 Å². The van der Waals surface area contributed by atoms with Crippen LogP contribution in [0.15, 0.2) is 10.7 Å². The lowest BCUT2D eigenvalue weighted by Gasteiger charge is -2.28. The smallest absolute Gasteiger partial charge is 0.225 e. The second-order valence-electron chi connectivity index (χ2n) is 4.20. The molecule has 3 nitrogen and oxygen atoms in total. The summed E-state index contributed by atoms with van der Waals surface area (Å²) in [5.74, 6) is 1.37. The molecule has 0 aromatic carbocycles. The van der Waals surface area contributed by atoms with Gasteiger partial charge in [0.2, 0.25) is 5.95 Å². The van der Waals surface area contributed by atoms with Gasteiger partial charge in [-0.05, 0) is 35.7 Å². The number of rotatable bonds is 3. The standard InChI is InChI=1S/C11H18BrN3/c1-7(2)9(4)15(5)11-13-6-10(12)8(3)14-11/h6-7,9H,1-5H3. The van der Waals surface area contributed by atoms with Gasteiger partial charge in [-0.25, -0.2) is 9.97 Å². The summed E-state index contributed by atoms with van der Waals surface area (Å²) in [6, 6.07) is 0.436. The number of aryl methyl sites for hydroxylation is 1. The van der Waals surface area contributed by atoms with Gasteiger partial charge in [0.1, 0.15) is 0 Å². The molecule has 1 heterocycles. The number of hydrogen-bond donors (Lipinski definition) is 0. The first-order chi connectivity index (χ1) is 6.93. The topological polar surface area (TPSA) is 29.0 Å². The van der Waals surface area contributed by atoms with Gasteiger partial charge in [0.15, 0.2) is 0 Å². The third-order valence-electron chi connectivity index (χ3n) is 2.80. The SMILES string of the molecule is Cc1nc(N(C)C(C)C(C)C)ncc1Br. The van der Waals surface area contributed by atoms with Gasteiger partial charge < -0.3 is 4.90 Å². The lowest BCUT2D eigenvalue weighted by Crippen LogP contribution is -2.34. The molecule has 0 amide bonds. The van der Waals surface area contributed by atoms with Crippen LogP contribution in [0, 0.1) is 12.8 Å². The highest BCUT2D eigenvalue weighted by molar-refractivity contribution is 9.10. The van der Waals surface area contributed by atoms with Crippen LogP contribution in [-0.2, 0) is 0 Å². The van der Waals surface area contributed by atoms with Gasteiger partial charge in [0, 0.05) is 19.3 Å². The Kier molecular flexibility index (Phi) is 4.08. The maximum atomic E-state index is 4.44. The minimum Gasteiger partial charge on any atom is -0.341 e. The number of nitrogens with zero attached hydrogens (tertiary/aromatic N) is 3. The van der Waals surface area contributed by atoms with Crippen molar-refractivity contribution in [2.75, 3.05) is 11.9 Å². The zero-order valence-corrected chi connectivity index (χ0v) is 11.5. The zero-order chi connectivity index (χ0) is 11.6. The van der Waals surface area contributed by atoms with Crippen LogP contribution >= 0.6 is 15.9 Å². The maximum Gasteiger partial charge on any atom is 0.225 e. The van der Waals surface area contributed by atoms with Crippen molar-refractivity contribution in [2.45, 2.75) is 33.7 Å². The summed E-state index contributed by atoms with van der Waals surface area (Å²) in [7, 11) is 2.04. The second kappa shape index (κ2) is 4.92. The fourth-order valence-corrected chi connectivity index (χ4v) is 1.43. The summed E-state index contributed by atoms with van der Waals surface area (Å²) in [5.41, 5.74) is 0.975. The van der Waals surface area contributed by atoms with Gasteiger partial charge in [-0.3, -0.25) is 0 Å². The Hall–Kier alpha value is -0.640. The van der Waals surface area contributed by atoms with Crippen molar-refractivity contribution in [3.63, 3.8) is 0 Å². The Bertz CT molecular complexity index is 339. The molecule has 0 bridgehead atoms. The number of hydrogen-bond acceptors (Lipinski definition) is 3. The Morgan fingerprint density at radius 2 is 1.93 bits per heavy atom. The van der Waals surface area contributed by atoms with Crippen LogP contribution in [0.3, 0.4) is 0 Å². The van der Waals surface area contributed by atoms with Gasteiger partial charge in [-0.2, -0.15) is 0 Å². The molecule has 15 heavy (non-hydrogen) atoms. The predicted molar refractivity (Wildman–Crippen MR) is 67.2 cm³/mol. The maximum absolute atomic E-state index is 4.44. The third-order valence-corrected chi connectivity index (χ3v) is 3.58. The average molecular weight is 272 g/mol. The van der Waals surface area contributed by atoms with Gasteiger partial charge in [0.25, 0.3) is 0 Å². The minimum absolute atomic E-state index is 0.436. The molecule has 0 fully saturated rings. The molecule has 1 atom stereocenters. The molecule has 0 radical (unpaired) electrons. The Morgan fingerprint density at radius 3 is 2.40 bits per heavy atom. The van der Waals surface area contributed by atoms with E-state index in [0.717, 1.165) is 16.1 Å². The first-order valence-corrected chi connectivity index (χ1v) is 5.94. The molecule has 4 heteroatoms. The molecule has 1 unspecified atom stereocenters. The fraction of sp³-hybridized carbons (Fsp3) is 0.636. The van der Waals surface area contributed by atoms with E-state index in [4.69, 9.17) is 0 Å². The quantitative estimate of drug-likeness (QED) is 0.847. The molecule has 0 spiro atoms. The van der Waals surface area contributed by atoms with Crippen molar-refractivity contribution in [3.8, 4) is 0 Å². The number of anilines is 1. The molecular formula is C11H18BrN3. The fourth-order valence-electron chi connectivity index (χ4n) is 1.24. The molecule has 0 aliphatic carbocycles. The van der Waals surface area contributed by atoms with Crippen LogP contribution in [0.2, 0.25) is 0 Å². The highest BCUT2D eigenvalue weighted by Crippen LogP contribution is 2.18. The van der Waals surface area contributed by atoms with E-state index < -0.39 is 0 Å². The predicted octanol–water partition coefficient (Wildman–Crippen LogP) is 3.03. The lowest BCUT2D eigenvalue weighted by molar-refractivity contribution is 0.499. The van der Waals surface area contributed by atoms with E-state index in [1.54, 1.807) is 6.20 Å². The Balaban J connectivity index is 2.91. The van der Waals surface area contributed by atoms with Crippen molar-refractivity contribution in [1.29, 1.82) is 0 Å². The van der Waals surface area contributed by atoms with Gasteiger partial charge in [0.05, 0.1) is 10.2 Å². The highest BCUT2D eigenvalue weighted by Gasteiger charge is 2.16. The summed E-state index contributed by atoms with van der Waals surface area (Å²) in [6.45, 7) is 8.56. The average Bonchev–Trinajstić information content (AvgIpc) is 2.19. The zero-order valence-electron chi connectivity index (χ0n) is 9.95. The minimum atomic E-state index is 0.436. The molecule has 84 valence electrons. The monoisotopic (exact) mass is 271 g/mol. The second-order valence-corrected chi connectivity index (χ2v) is 5.05. The van der Waals surface area contributed by atoms with E-state index in [-0.39, 0.29) is 0 Å². The van der Waals surface area contributed by atoms with Crippen molar-refractivity contribution in [1.82, 2.24) is 9.97 Å². The first-order valence-electron chi connectivity index (χ1n) is 5.15. The van der Waals surface area contributed by atoms with Crippen molar-refractivity contribution >= 4 is 21.9 Å². The third kappa shape index (κ3) is 2.91. The molecule has 1 aromatic rings. The van der Waals surface area contributed by atoms with E-state index in [1.165, 1.54) is 0 Å². The summed E-state index contributed by atoms with van der Waals surface area (Å²) in [4.78, 5) is 10.9. The number of halogens is 1. The van der Waals surface area contributed by atoms with E-state index in [1.807, 2.05) is 14.0 Å². The summed E-state index contributed by atoms with van der Waals surface area (Å²) >= 11 is 3.40. The molecule has 0 saturated heterocycles. The van der Waals surface area contributed by atoms with Crippen molar-refractivity contribution in [3.05, 3.63) is 16.4 Å². The van der Waals surface area contributed by atoms with E-state index in [9.17, 15) is 0 Å². The summed E-state index contributed by atoms with van der Waals surface area (Å²) in [6.07, 6.45) is 1.81. The Labute approximate surface area is 100 Å². The van der Waals surface area contributed by atoms with Crippen LogP contribution in [0.1, 0.15) is 26.5 Å². The van der Waals surface area contributed by atoms with E-state index >= 15 is 0 Å². The molecule has 0 N–H and O–H groups in total. The molecule has 1 rings (SSSR count).